The number of hydrogen-bond acceptors (Lipinski definition) is 6. The summed E-state index contributed by atoms with van der Waals surface area (Å²) in [6.45, 7) is 4.31. The number of alkyl halides is 1. The molecule has 0 spiro atoms. The summed E-state index contributed by atoms with van der Waals surface area (Å²) in [7, 11) is 0. The fraction of sp³-hybridized carbons (Fsp3) is 0.250. The van der Waals surface area contributed by atoms with Crippen LogP contribution in [0.1, 0.15) is 41.4 Å². The molecular weight excluding hydrogens is 448 g/mol. The molecule has 0 saturated heterocycles. The molecular formula is C20H16Cl2FN5O3. The normalized spacial score (nSPS) is 11.8. The van der Waals surface area contributed by atoms with E-state index < -0.39 is 23.0 Å². The minimum absolute atomic E-state index is 0.0358. The van der Waals surface area contributed by atoms with E-state index >= 15 is 0 Å². The maximum atomic E-state index is 14.2. The van der Waals surface area contributed by atoms with E-state index in [2.05, 4.69) is 15.0 Å². The van der Waals surface area contributed by atoms with E-state index in [0.29, 0.717) is 11.5 Å². The lowest BCUT2D eigenvalue weighted by Crippen LogP contribution is -2.28. The molecule has 160 valence electrons. The van der Waals surface area contributed by atoms with Crippen molar-refractivity contribution in [1.82, 2.24) is 19.5 Å². The first-order chi connectivity index (χ1) is 14.6. The predicted molar refractivity (Wildman–Crippen MR) is 113 cm³/mol. The van der Waals surface area contributed by atoms with Gasteiger partial charge < -0.3 is 9.72 Å². The van der Waals surface area contributed by atoms with E-state index in [-0.39, 0.29) is 39.2 Å². The number of nitrogens with zero attached hydrogens (tertiary/aromatic N) is 4. The van der Waals surface area contributed by atoms with Crippen LogP contribution in [0.25, 0.3) is 0 Å². The molecule has 1 aromatic carbocycles. The highest BCUT2D eigenvalue weighted by Crippen LogP contribution is 2.38. The second kappa shape index (κ2) is 8.88. The van der Waals surface area contributed by atoms with Gasteiger partial charge in [0, 0.05) is 5.69 Å². The number of hydrogen-bond donors (Lipinski definition) is 1. The van der Waals surface area contributed by atoms with Gasteiger partial charge in [-0.3, -0.25) is 14.2 Å². The highest BCUT2D eigenvalue weighted by Gasteiger charge is 2.22. The lowest BCUT2D eigenvalue weighted by Gasteiger charge is -2.15. The van der Waals surface area contributed by atoms with E-state index in [1.54, 1.807) is 13.8 Å². The van der Waals surface area contributed by atoms with Crippen molar-refractivity contribution in [3.8, 4) is 17.6 Å². The molecule has 8 nitrogen and oxygen atoms in total. The minimum Gasteiger partial charge on any atom is -0.446 e. The van der Waals surface area contributed by atoms with Gasteiger partial charge in [0.15, 0.2) is 5.75 Å². The van der Waals surface area contributed by atoms with Crippen LogP contribution in [0, 0.1) is 25.2 Å². The van der Waals surface area contributed by atoms with E-state index in [9.17, 15) is 14.0 Å². The molecule has 0 saturated carbocycles. The number of nitrogens with one attached hydrogen (secondary N) is 1. The van der Waals surface area contributed by atoms with Crippen LogP contribution >= 0.6 is 23.2 Å². The fourth-order valence-corrected chi connectivity index (χ4v) is 3.47. The first-order valence-corrected chi connectivity index (χ1v) is 9.74. The maximum Gasteiger partial charge on any atom is 0.297 e. The molecule has 11 heteroatoms. The molecule has 3 aromatic rings. The Bertz CT molecular complexity index is 1300. The van der Waals surface area contributed by atoms with Crippen LogP contribution in [0.5, 0.6) is 11.5 Å². The van der Waals surface area contributed by atoms with E-state index in [1.165, 1.54) is 19.1 Å². The second-order valence-corrected chi connectivity index (χ2v) is 7.52. The molecule has 0 aliphatic carbocycles. The number of aromatic amines is 1. The number of halogens is 3. The molecule has 2 aromatic heterocycles. The van der Waals surface area contributed by atoms with Crippen LogP contribution in [-0.2, 0) is 6.54 Å². The molecule has 0 aliphatic heterocycles. The number of aryl methyl sites for hydroxylation is 2. The molecule has 0 bridgehead atoms. The van der Waals surface area contributed by atoms with Gasteiger partial charge in [-0.25, -0.2) is 14.4 Å². The van der Waals surface area contributed by atoms with Crippen molar-refractivity contribution in [1.29, 1.82) is 5.26 Å². The van der Waals surface area contributed by atoms with E-state index in [4.69, 9.17) is 33.2 Å². The average Bonchev–Trinajstić information content (AvgIpc) is 2.68. The first-order valence-electron chi connectivity index (χ1n) is 8.99. The lowest BCUT2D eigenvalue weighted by molar-refractivity contribution is 0.344. The van der Waals surface area contributed by atoms with Gasteiger partial charge in [0.2, 0.25) is 5.75 Å². The average molecular weight is 464 g/mol. The highest BCUT2D eigenvalue weighted by atomic mass is 35.5. The van der Waals surface area contributed by atoms with E-state index in [1.807, 2.05) is 6.07 Å². The summed E-state index contributed by atoms with van der Waals surface area (Å²) < 4.78 is 20.9. The Hall–Kier alpha value is -3.22. The number of ether oxygens (including phenoxy) is 1. The summed E-state index contributed by atoms with van der Waals surface area (Å²) in [5.41, 5.74) is -0.532. The summed E-state index contributed by atoms with van der Waals surface area (Å²) >= 11 is 12.3. The first kappa shape index (κ1) is 22.5. The second-order valence-electron chi connectivity index (χ2n) is 6.71. The van der Waals surface area contributed by atoms with Gasteiger partial charge >= 0.3 is 0 Å². The van der Waals surface area contributed by atoms with Gasteiger partial charge in [0.1, 0.15) is 17.7 Å². The van der Waals surface area contributed by atoms with Gasteiger partial charge in [-0.2, -0.15) is 5.26 Å². The van der Waals surface area contributed by atoms with Crippen LogP contribution < -0.4 is 15.9 Å². The number of nitriles is 1. The van der Waals surface area contributed by atoms with Crippen LogP contribution in [0.3, 0.4) is 0 Å². The quantitative estimate of drug-likeness (QED) is 0.611. The van der Waals surface area contributed by atoms with Gasteiger partial charge in [-0.1, -0.05) is 23.2 Å². The van der Waals surface area contributed by atoms with Gasteiger partial charge in [-0.15, -0.1) is 0 Å². The van der Waals surface area contributed by atoms with E-state index in [0.717, 1.165) is 10.9 Å². The Kier molecular flexibility index (Phi) is 6.43. The summed E-state index contributed by atoms with van der Waals surface area (Å²) in [6.07, 6.45) is -0.513. The molecule has 1 N–H and O–H groups in total. The number of benzene rings is 1. The van der Waals surface area contributed by atoms with Crippen molar-refractivity contribution >= 4 is 23.2 Å². The SMILES string of the molecule is Cc1nc(C)c(Cn2cnc(C(C)F)c(Oc3c(Cl)cc(C#N)cc3Cl)c2=O)c(=O)[nH]1. The lowest BCUT2D eigenvalue weighted by atomic mass is 10.2. The monoisotopic (exact) mass is 463 g/mol. The number of H-pyrrole nitrogens is 1. The molecule has 31 heavy (non-hydrogen) atoms. The third-order valence-corrected chi connectivity index (χ3v) is 4.96. The summed E-state index contributed by atoms with van der Waals surface area (Å²) in [6, 6.07) is 4.50. The van der Waals surface area contributed by atoms with Crippen molar-refractivity contribution in [3.05, 3.63) is 77.6 Å². The van der Waals surface area contributed by atoms with Gasteiger partial charge in [0.25, 0.3) is 11.1 Å². The molecule has 0 radical (unpaired) electrons. The van der Waals surface area contributed by atoms with Crippen LogP contribution in [0.2, 0.25) is 10.0 Å². The molecule has 0 amide bonds. The van der Waals surface area contributed by atoms with Crippen molar-refractivity contribution < 1.29 is 9.13 Å². The summed E-state index contributed by atoms with van der Waals surface area (Å²) in [4.78, 5) is 36.2. The molecule has 1 unspecified atom stereocenters. The Labute approximate surface area is 185 Å². The molecule has 1 atom stereocenters. The Morgan fingerprint density at radius 3 is 2.45 bits per heavy atom. The standard InChI is InChI=1S/C20H16Cl2FN5O3/c1-9(23)16-18(31-17-14(21)4-12(6-24)5-15(17)22)20(30)28(8-25-16)7-13-10(2)26-11(3)27-19(13)29/h4-5,8-9H,7H2,1-3H3,(H,26,27,29). The number of aromatic nitrogens is 4. The van der Waals surface area contributed by atoms with Crippen molar-refractivity contribution in [2.45, 2.75) is 33.5 Å². The zero-order valence-corrected chi connectivity index (χ0v) is 18.2. The Morgan fingerprint density at radius 2 is 1.90 bits per heavy atom. The van der Waals surface area contributed by atoms with Crippen molar-refractivity contribution in [2.24, 2.45) is 0 Å². The molecule has 0 fully saturated rings. The maximum absolute atomic E-state index is 14.2. The molecule has 2 heterocycles. The third-order valence-electron chi connectivity index (χ3n) is 4.40. The minimum atomic E-state index is -1.64. The molecule has 0 aliphatic rings. The number of rotatable bonds is 5. The van der Waals surface area contributed by atoms with Crippen molar-refractivity contribution in [2.75, 3.05) is 0 Å². The fourth-order valence-electron chi connectivity index (χ4n) is 2.91. The zero-order valence-electron chi connectivity index (χ0n) is 16.7. The highest BCUT2D eigenvalue weighted by molar-refractivity contribution is 6.37. The summed E-state index contributed by atoms with van der Waals surface area (Å²) in [5, 5.41) is 8.94. The summed E-state index contributed by atoms with van der Waals surface area (Å²) in [5.74, 6) is -0.112. The van der Waals surface area contributed by atoms with Crippen LogP contribution in [0.4, 0.5) is 4.39 Å². The van der Waals surface area contributed by atoms with Crippen LogP contribution in [0.15, 0.2) is 28.0 Å². The van der Waals surface area contributed by atoms with Gasteiger partial charge in [0.05, 0.1) is 40.1 Å². The Balaban J connectivity index is 2.12. The van der Waals surface area contributed by atoms with Gasteiger partial charge in [-0.05, 0) is 32.9 Å². The zero-order chi connectivity index (χ0) is 22.9. The topological polar surface area (TPSA) is 114 Å². The van der Waals surface area contributed by atoms with Crippen molar-refractivity contribution in [3.63, 3.8) is 0 Å². The predicted octanol–water partition coefficient (Wildman–Crippen LogP) is 3.99. The van der Waals surface area contributed by atoms with Crippen LogP contribution in [-0.4, -0.2) is 19.5 Å². The molecule has 3 rings (SSSR count). The Morgan fingerprint density at radius 1 is 1.26 bits per heavy atom. The third kappa shape index (κ3) is 4.60. The largest absolute Gasteiger partial charge is 0.446 e. The smallest absolute Gasteiger partial charge is 0.297 e.